The van der Waals surface area contributed by atoms with Crippen molar-refractivity contribution in [2.24, 2.45) is 0 Å². The molecule has 3 heterocycles. The van der Waals surface area contributed by atoms with Crippen molar-refractivity contribution in [2.45, 2.75) is 12.7 Å². The summed E-state index contributed by atoms with van der Waals surface area (Å²) in [4.78, 5) is 0. The van der Waals surface area contributed by atoms with Crippen LogP contribution in [0.15, 0.2) is 97.1 Å². The Hall–Kier alpha value is -4.33. The Morgan fingerprint density at radius 1 is 0.500 bits per heavy atom. The van der Waals surface area contributed by atoms with Gasteiger partial charge >= 0.3 is 21.6 Å². The predicted molar refractivity (Wildman–Crippen MR) is 138 cm³/mol. The molecule has 0 aromatic heterocycles. The molecule has 3 aliphatic rings. The molecule has 0 radical (unpaired) electrons. The number of benzene rings is 4. The average molecular weight is 475 g/mol. The Balaban J connectivity index is 1.16. The summed E-state index contributed by atoms with van der Waals surface area (Å²) in [6, 6.07) is 31.0. The van der Waals surface area contributed by atoms with Gasteiger partial charge in [-0.2, -0.15) is 0 Å². The summed E-state index contributed by atoms with van der Waals surface area (Å²) in [5.74, 6) is 4.22. The lowest BCUT2D eigenvalue weighted by Gasteiger charge is -2.26. The molecule has 0 saturated carbocycles. The van der Waals surface area contributed by atoms with E-state index in [9.17, 15) is 0 Å². The van der Waals surface area contributed by atoms with Crippen LogP contribution in [0, 0.1) is 0 Å². The van der Waals surface area contributed by atoms with Crippen LogP contribution < -0.4 is 32.6 Å². The molecule has 36 heavy (non-hydrogen) atoms. The second-order valence-corrected chi connectivity index (χ2v) is 8.82. The maximum atomic E-state index is 6.13. The Morgan fingerprint density at radius 3 is 1.25 bits per heavy atom. The molecule has 4 aromatic carbocycles. The summed E-state index contributed by atoms with van der Waals surface area (Å²) < 4.78 is 38.4. The van der Waals surface area contributed by atoms with Gasteiger partial charge in [-0.15, -0.1) is 0 Å². The standard InChI is InChI=1S/C26H20B3NO6/c1-18(27-31-21-8-2-3-9-22(21)32-27)19-14-16-20(17-15-19)30(28-33-23-10-4-5-11-24(23)34-28)29-35-25-12-6-7-13-26(25)36-29/h2-18H,1H3. The summed E-state index contributed by atoms with van der Waals surface area (Å²) in [5.41, 5.74) is 1.89. The smallest absolute Gasteiger partial charge is 0.523 e. The summed E-state index contributed by atoms with van der Waals surface area (Å²) >= 11 is 0. The lowest BCUT2D eigenvalue weighted by atomic mass is 9.69. The Labute approximate surface area is 209 Å². The number of rotatable bonds is 5. The van der Waals surface area contributed by atoms with Gasteiger partial charge in [-0.3, -0.25) is 0 Å². The summed E-state index contributed by atoms with van der Waals surface area (Å²) in [5, 5.41) is 0. The maximum absolute atomic E-state index is 6.13. The zero-order valence-corrected chi connectivity index (χ0v) is 19.4. The fourth-order valence-electron chi connectivity index (χ4n) is 4.57. The van der Waals surface area contributed by atoms with E-state index in [2.05, 4.69) is 6.92 Å². The molecule has 0 N–H and O–H groups in total. The van der Waals surface area contributed by atoms with Gasteiger partial charge in [0, 0.05) is 11.5 Å². The quantitative estimate of drug-likeness (QED) is 0.377. The van der Waals surface area contributed by atoms with E-state index in [1.165, 1.54) is 0 Å². The van der Waals surface area contributed by atoms with Crippen molar-refractivity contribution in [1.29, 1.82) is 0 Å². The number of fused-ring (bicyclic) bond motifs is 3. The lowest BCUT2D eigenvalue weighted by Crippen LogP contribution is -2.58. The zero-order valence-electron chi connectivity index (χ0n) is 19.4. The average Bonchev–Trinajstić information content (AvgIpc) is 3.65. The van der Waals surface area contributed by atoms with Crippen molar-refractivity contribution in [1.82, 2.24) is 0 Å². The van der Waals surface area contributed by atoms with Crippen LogP contribution in [0.5, 0.6) is 34.5 Å². The van der Waals surface area contributed by atoms with Gasteiger partial charge in [-0.05, 0) is 54.1 Å². The SMILES string of the molecule is CC(B1Oc2ccccc2O1)c1ccc(N(B2Oc3ccccc3O2)B2Oc3ccccc3O2)cc1. The van der Waals surface area contributed by atoms with E-state index in [0.717, 1.165) is 22.7 Å². The normalized spacial score (nSPS) is 15.3. The largest absolute Gasteiger partial charge is 0.731 e. The number of hydrogen-bond donors (Lipinski definition) is 0. The number of para-hydroxylation sites is 6. The topological polar surface area (TPSA) is 58.6 Å². The van der Waals surface area contributed by atoms with Crippen molar-refractivity contribution in [2.75, 3.05) is 4.72 Å². The second kappa shape index (κ2) is 8.41. The number of hydrogen-bond acceptors (Lipinski definition) is 7. The first-order chi connectivity index (χ1) is 17.7. The Bertz CT molecular complexity index is 1290. The molecule has 0 spiro atoms. The molecule has 0 amide bonds. The molecule has 10 heteroatoms. The van der Waals surface area contributed by atoms with Crippen LogP contribution in [0.2, 0.25) is 0 Å². The van der Waals surface area contributed by atoms with E-state index < -0.39 is 21.6 Å². The third-order valence-corrected chi connectivity index (χ3v) is 6.52. The van der Waals surface area contributed by atoms with E-state index in [1.807, 2.05) is 102 Å². The van der Waals surface area contributed by atoms with Crippen LogP contribution in [-0.2, 0) is 0 Å². The van der Waals surface area contributed by atoms with Crippen LogP contribution >= 0.6 is 0 Å². The third kappa shape index (κ3) is 3.57. The molecule has 3 aliphatic heterocycles. The van der Waals surface area contributed by atoms with Crippen LogP contribution in [0.1, 0.15) is 18.3 Å². The van der Waals surface area contributed by atoms with E-state index in [-0.39, 0.29) is 5.82 Å². The van der Waals surface area contributed by atoms with Gasteiger partial charge in [0.15, 0.2) is 0 Å². The molecule has 1 unspecified atom stereocenters. The molecule has 174 valence electrons. The Kier molecular flexibility index (Phi) is 4.91. The molecule has 4 aromatic rings. The monoisotopic (exact) mass is 475 g/mol. The van der Waals surface area contributed by atoms with E-state index in [1.54, 1.807) is 0 Å². The molecule has 0 fully saturated rings. The minimum absolute atomic E-state index is 0.00590. The summed E-state index contributed by atoms with van der Waals surface area (Å²) in [6.45, 7) is 2.09. The van der Waals surface area contributed by atoms with Gasteiger partial charge in [-0.25, -0.2) is 0 Å². The highest BCUT2D eigenvalue weighted by molar-refractivity contribution is 6.74. The van der Waals surface area contributed by atoms with Gasteiger partial charge in [-0.1, -0.05) is 55.5 Å². The number of nitrogens with zero attached hydrogens (tertiary/aromatic N) is 1. The van der Waals surface area contributed by atoms with Crippen molar-refractivity contribution in [3.05, 3.63) is 103 Å². The highest BCUT2D eigenvalue weighted by atomic mass is 16.7. The molecule has 0 saturated heterocycles. The van der Waals surface area contributed by atoms with Gasteiger partial charge < -0.3 is 32.6 Å². The zero-order chi connectivity index (χ0) is 24.1. The van der Waals surface area contributed by atoms with Gasteiger partial charge in [0.25, 0.3) is 0 Å². The van der Waals surface area contributed by atoms with E-state index >= 15 is 0 Å². The summed E-state index contributed by atoms with van der Waals surface area (Å²) in [7, 11) is -1.92. The molecular formula is C26H20B3NO6. The molecule has 7 nitrogen and oxygen atoms in total. The minimum Gasteiger partial charge on any atom is -0.523 e. The first kappa shape index (κ1) is 21.0. The maximum Gasteiger partial charge on any atom is 0.731 e. The molecule has 1 atom stereocenters. The van der Waals surface area contributed by atoms with Crippen molar-refractivity contribution < 1.29 is 27.9 Å². The van der Waals surface area contributed by atoms with Crippen LogP contribution in [-0.4, -0.2) is 21.6 Å². The fraction of sp³-hybridized carbons (Fsp3) is 0.0769. The second-order valence-electron chi connectivity index (χ2n) is 8.82. The minimum atomic E-state index is -0.763. The van der Waals surface area contributed by atoms with Crippen LogP contribution in [0.3, 0.4) is 0 Å². The highest BCUT2D eigenvalue weighted by Crippen LogP contribution is 2.40. The first-order valence-corrected chi connectivity index (χ1v) is 11.9. The lowest BCUT2D eigenvalue weighted by molar-refractivity contribution is 0.466. The Morgan fingerprint density at radius 2 is 0.861 bits per heavy atom. The first-order valence-electron chi connectivity index (χ1n) is 11.9. The molecule has 0 aliphatic carbocycles. The van der Waals surface area contributed by atoms with E-state index in [0.29, 0.717) is 23.0 Å². The summed E-state index contributed by atoms with van der Waals surface area (Å²) in [6.07, 6.45) is 0. The predicted octanol–water partition coefficient (Wildman–Crippen LogP) is 5.01. The molecular weight excluding hydrogens is 455 g/mol. The fourth-order valence-corrected chi connectivity index (χ4v) is 4.57. The molecule has 0 bridgehead atoms. The van der Waals surface area contributed by atoms with Gasteiger partial charge in [0.05, 0.1) is 0 Å². The van der Waals surface area contributed by atoms with Gasteiger partial charge in [0.1, 0.15) is 34.5 Å². The van der Waals surface area contributed by atoms with Crippen molar-refractivity contribution in [3.8, 4) is 34.5 Å². The van der Waals surface area contributed by atoms with E-state index in [4.69, 9.17) is 27.9 Å². The van der Waals surface area contributed by atoms with Crippen LogP contribution in [0.4, 0.5) is 5.69 Å². The highest BCUT2D eigenvalue weighted by Gasteiger charge is 2.52. The number of anilines is 1. The van der Waals surface area contributed by atoms with Crippen molar-refractivity contribution >= 4 is 27.3 Å². The third-order valence-electron chi connectivity index (χ3n) is 6.52. The van der Waals surface area contributed by atoms with Crippen LogP contribution in [0.25, 0.3) is 0 Å². The molecule has 7 rings (SSSR count). The van der Waals surface area contributed by atoms with Crippen molar-refractivity contribution in [3.63, 3.8) is 0 Å². The van der Waals surface area contributed by atoms with Gasteiger partial charge in [0.2, 0.25) is 0 Å².